The Morgan fingerprint density at radius 3 is 3.10 bits per heavy atom. The molecule has 0 spiro atoms. The highest BCUT2D eigenvalue weighted by Crippen LogP contribution is 2.30. The lowest BCUT2D eigenvalue weighted by atomic mass is 9.99. The molecule has 2 heterocycles. The highest BCUT2D eigenvalue weighted by atomic mass is 19.1. The molecule has 0 aromatic heterocycles. The smallest absolute Gasteiger partial charge is 0.131 e. The summed E-state index contributed by atoms with van der Waals surface area (Å²) in [5.41, 5.74) is 3.23. The molecule has 2 aliphatic heterocycles. The minimum atomic E-state index is -0.363. The van der Waals surface area contributed by atoms with E-state index in [4.69, 9.17) is 15.3 Å². The summed E-state index contributed by atoms with van der Waals surface area (Å²) in [5.74, 6) is 5.83. The van der Waals surface area contributed by atoms with Gasteiger partial charge in [0, 0.05) is 24.2 Å². The minimum Gasteiger partial charge on any atom is -0.497 e. The molecule has 2 saturated heterocycles. The standard InChI is InChI=1S/C15H22FN3O2/c1-20-11-4-5-12(13(16)7-11)15(18-17)14-8-19-6-2-3-10(19)9-21-14/h4-5,7,10,14-15,18H,2-3,6,8-9,17H2,1H3. The van der Waals surface area contributed by atoms with E-state index >= 15 is 0 Å². The highest BCUT2D eigenvalue weighted by molar-refractivity contribution is 5.31. The fraction of sp³-hybridized carbons (Fsp3) is 0.600. The number of hydrogen-bond donors (Lipinski definition) is 2. The highest BCUT2D eigenvalue weighted by Gasteiger charge is 2.36. The van der Waals surface area contributed by atoms with Gasteiger partial charge in [-0.2, -0.15) is 0 Å². The zero-order valence-electron chi connectivity index (χ0n) is 12.2. The van der Waals surface area contributed by atoms with Crippen molar-refractivity contribution < 1.29 is 13.9 Å². The third-order valence-corrected chi connectivity index (χ3v) is 4.51. The quantitative estimate of drug-likeness (QED) is 0.646. The molecule has 21 heavy (non-hydrogen) atoms. The van der Waals surface area contributed by atoms with Gasteiger partial charge in [0.1, 0.15) is 11.6 Å². The predicted octanol–water partition coefficient (Wildman–Crippen LogP) is 1.20. The molecule has 116 valence electrons. The Morgan fingerprint density at radius 1 is 1.52 bits per heavy atom. The number of morpholine rings is 1. The van der Waals surface area contributed by atoms with Crippen LogP contribution in [0.3, 0.4) is 0 Å². The molecule has 0 saturated carbocycles. The summed E-state index contributed by atoms with van der Waals surface area (Å²) < 4.78 is 25.2. The molecule has 3 atom stereocenters. The Morgan fingerprint density at radius 2 is 2.38 bits per heavy atom. The summed E-state index contributed by atoms with van der Waals surface area (Å²) in [4.78, 5) is 2.42. The first-order chi connectivity index (χ1) is 10.2. The van der Waals surface area contributed by atoms with E-state index in [1.54, 1.807) is 12.1 Å². The summed E-state index contributed by atoms with van der Waals surface area (Å²) in [5, 5.41) is 0. The molecule has 0 amide bonds. The summed E-state index contributed by atoms with van der Waals surface area (Å²) >= 11 is 0. The number of hydrogen-bond acceptors (Lipinski definition) is 5. The second-order valence-electron chi connectivity index (χ2n) is 5.69. The van der Waals surface area contributed by atoms with Crippen molar-refractivity contribution in [3.63, 3.8) is 0 Å². The summed E-state index contributed by atoms with van der Waals surface area (Å²) in [7, 11) is 1.52. The number of ether oxygens (including phenoxy) is 2. The van der Waals surface area contributed by atoms with Crippen LogP contribution in [0.1, 0.15) is 24.4 Å². The van der Waals surface area contributed by atoms with Crippen LogP contribution in [0.15, 0.2) is 18.2 Å². The molecule has 3 unspecified atom stereocenters. The van der Waals surface area contributed by atoms with E-state index in [9.17, 15) is 4.39 Å². The molecule has 0 radical (unpaired) electrons. The number of benzene rings is 1. The number of nitrogens with zero attached hydrogens (tertiary/aromatic N) is 1. The van der Waals surface area contributed by atoms with Gasteiger partial charge in [0.05, 0.1) is 25.9 Å². The second-order valence-corrected chi connectivity index (χ2v) is 5.69. The largest absolute Gasteiger partial charge is 0.497 e. The van der Waals surface area contributed by atoms with Crippen LogP contribution in [0.2, 0.25) is 0 Å². The Kier molecular flexibility index (Phi) is 4.40. The number of nitrogens with one attached hydrogen (secondary N) is 1. The summed E-state index contributed by atoms with van der Waals surface area (Å²) in [6.45, 7) is 2.57. The van der Waals surface area contributed by atoms with Crippen molar-refractivity contribution in [1.29, 1.82) is 0 Å². The third-order valence-electron chi connectivity index (χ3n) is 4.51. The van der Waals surface area contributed by atoms with E-state index in [-0.39, 0.29) is 18.0 Å². The number of halogens is 1. The van der Waals surface area contributed by atoms with Crippen molar-refractivity contribution >= 4 is 0 Å². The Labute approximate surface area is 124 Å². The van der Waals surface area contributed by atoms with Crippen molar-refractivity contribution in [3.8, 4) is 5.75 Å². The van der Waals surface area contributed by atoms with Gasteiger partial charge in [-0.1, -0.05) is 6.07 Å². The van der Waals surface area contributed by atoms with Crippen LogP contribution in [0.5, 0.6) is 5.75 Å². The van der Waals surface area contributed by atoms with Crippen LogP contribution in [-0.2, 0) is 4.74 Å². The number of nitrogens with two attached hydrogens (primary N) is 1. The predicted molar refractivity (Wildman–Crippen MR) is 77.4 cm³/mol. The van der Waals surface area contributed by atoms with Crippen molar-refractivity contribution in [2.45, 2.75) is 31.0 Å². The van der Waals surface area contributed by atoms with E-state index < -0.39 is 0 Å². The lowest BCUT2D eigenvalue weighted by Gasteiger charge is -2.38. The molecule has 0 aliphatic carbocycles. The van der Waals surface area contributed by atoms with Crippen molar-refractivity contribution in [3.05, 3.63) is 29.6 Å². The first kappa shape index (κ1) is 14.7. The maximum Gasteiger partial charge on any atom is 0.131 e. The number of fused-ring (bicyclic) bond motifs is 1. The lowest BCUT2D eigenvalue weighted by molar-refractivity contribution is -0.0657. The van der Waals surface area contributed by atoms with Gasteiger partial charge >= 0.3 is 0 Å². The SMILES string of the molecule is COc1ccc(C(NN)C2CN3CCCC3CO2)c(F)c1. The molecule has 3 rings (SSSR count). The van der Waals surface area contributed by atoms with Crippen molar-refractivity contribution in [1.82, 2.24) is 10.3 Å². The van der Waals surface area contributed by atoms with Crippen LogP contribution in [0, 0.1) is 5.82 Å². The fourth-order valence-corrected chi connectivity index (χ4v) is 3.33. The van der Waals surface area contributed by atoms with Gasteiger partial charge in [-0.3, -0.25) is 16.2 Å². The average molecular weight is 295 g/mol. The van der Waals surface area contributed by atoms with Gasteiger partial charge in [-0.25, -0.2) is 4.39 Å². The maximum atomic E-state index is 14.3. The van der Waals surface area contributed by atoms with E-state index in [0.717, 1.165) is 13.1 Å². The molecule has 1 aromatic carbocycles. The van der Waals surface area contributed by atoms with Crippen LogP contribution in [0.25, 0.3) is 0 Å². The van der Waals surface area contributed by atoms with Gasteiger partial charge in [0.15, 0.2) is 0 Å². The summed E-state index contributed by atoms with van der Waals surface area (Å²) in [6, 6.07) is 4.97. The molecule has 2 aliphatic rings. The third kappa shape index (κ3) is 2.89. The molecular formula is C15H22FN3O2. The Balaban J connectivity index is 1.78. The second kappa shape index (κ2) is 6.27. The first-order valence-electron chi connectivity index (χ1n) is 7.38. The van der Waals surface area contributed by atoms with Crippen LogP contribution in [-0.4, -0.2) is 43.9 Å². The molecule has 6 heteroatoms. The topological polar surface area (TPSA) is 59.8 Å². The molecule has 5 nitrogen and oxygen atoms in total. The van der Waals surface area contributed by atoms with E-state index in [2.05, 4.69) is 10.3 Å². The fourth-order valence-electron chi connectivity index (χ4n) is 3.33. The monoisotopic (exact) mass is 295 g/mol. The maximum absolute atomic E-state index is 14.3. The number of rotatable bonds is 4. The van der Waals surface area contributed by atoms with Crippen molar-refractivity contribution in [2.24, 2.45) is 5.84 Å². The van der Waals surface area contributed by atoms with E-state index in [1.165, 1.54) is 26.0 Å². The van der Waals surface area contributed by atoms with Gasteiger partial charge in [-0.05, 0) is 25.5 Å². The van der Waals surface area contributed by atoms with Crippen LogP contribution >= 0.6 is 0 Å². The Bertz CT molecular complexity index is 500. The van der Waals surface area contributed by atoms with Crippen LogP contribution < -0.4 is 16.0 Å². The van der Waals surface area contributed by atoms with Gasteiger partial charge < -0.3 is 9.47 Å². The minimum absolute atomic E-state index is 0.146. The molecule has 2 fully saturated rings. The normalized spacial score (nSPS) is 27.4. The first-order valence-corrected chi connectivity index (χ1v) is 7.38. The molecular weight excluding hydrogens is 273 g/mol. The average Bonchev–Trinajstić information content (AvgIpc) is 2.97. The molecule has 1 aromatic rings. The van der Waals surface area contributed by atoms with Crippen molar-refractivity contribution in [2.75, 3.05) is 26.8 Å². The van der Waals surface area contributed by atoms with Gasteiger partial charge in [0.2, 0.25) is 0 Å². The number of hydrazine groups is 1. The lowest BCUT2D eigenvalue weighted by Crippen LogP contribution is -2.51. The Hall–Kier alpha value is -1.21. The number of methoxy groups -OCH3 is 1. The zero-order valence-corrected chi connectivity index (χ0v) is 12.2. The van der Waals surface area contributed by atoms with E-state index in [0.29, 0.717) is 24.0 Å². The van der Waals surface area contributed by atoms with Crippen LogP contribution in [0.4, 0.5) is 4.39 Å². The van der Waals surface area contributed by atoms with Gasteiger partial charge in [-0.15, -0.1) is 0 Å². The summed E-state index contributed by atoms with van der Waals surface area (Å²) in [6.07, 6.45) is 2.25. The van der Waals surface area contributed by atoms with E-state index in [1.807, 2.05) is 0 Å². The molecule has 3 N–H and O–H groups in total. The van der Waals surface area contributed by atoms with Gasteiger partial charge in [0.25, 0.3) is 0 Å². The zero-order chi connectivity index (χ0) is 14.8. The molecule has 0 bridgehead atoms.